The normalized spacial score (nSPS) is 18.8. The van der Waals surface area contributed by atoms with Gasteiger partial charge in [0.2, 0.25) is 0 Å². The Morgan fingerprint density at radius 2 is 1.85 bits per heavy atom. The van der Waals surface area contributed by atoms with E-state index in [1.807, 2.05) is 57.2 Å². The fraction of sp³-hybridized carbons (Fsp3) is 0.435. The van der Waals surface area contributed by atoms with Crippen LogP contribution < -0.4 is 14.8 Å². The molecule has 1 aliphatic rings. The fourth-order valence-corrected chi connectivity index (χ4v) is 3.47. The highest BCUT2D eigenvalue weighted by Crippen LogP contribution is 2.40. The first-order chi connectivity index (χ1) is 12.8. The monoisotopic (exact) mass is 367 g/mol. The first-order valence-corrected chi connectivity index (χ1v) is 9.60. The topological polar surface area (TPSA) is 47.6 Å². The number of nitrogens with one attached hydrogen (secondary N) is 1. The molecule has 0 aliphatic carbocycles. The van der Waals surface area contributed by atoms with Gasteiger partial charge in [-0.3, -0.25) is 4.79 Å². The molecule has 27 heavy (non-hydrogen) atoms. The molecule has 1 heterocycles. The molecule has 3 rings (SSSR count). The zero-order chi connectivity index (χ0) is 19.6. The lowest BCUT2D eigenvalue weighted by Gasteiger charge is -2.38. The van der Waals surface area contributed by atoms with E-state index in [1.165, 1.54) is 0 Å². The maximum Gasteiger partial charge on any atom is 0.261 e. The van der Waals surface area contributed by atoms with Crippen molar-refractivity contribution in [3.63, 3.8) is 0 Å². The Balaban J connectivity index is 1.77. The number of rotatable bonds is 5. The van der Waals surface area contributed by atoms with Crippen LogP contribution in [0, 0.1) is 13.8 Å². The highest BCUT2D eigenvalue weighted by atomic mass is 16.5. The Labute approximate surface area is 161 Å². The minimum Gasteiger partial charge on any atom is -0.487 e. The molecular formula is C23H29NO3. The number of ether oxygens (including phenoxy) is 2. The predicted octanol–water partition coefficient (Wildman–Crippen LogP) is 4.88. The summed E-state index contributed by atoms with van der Waals surface area (Å²) in [5.74, 6) is 1.47. The molecule has 144 valence electrons. The Hall–Kier alpha value is -2.49. The molecule has 4 heteroatoms. The molecule has 4 nitrogen and oxygen atoms in total. The van der Waals surface area contributed by atoms with Gasteiger partial charge in [-0.25, -0.2) is 0 Å². The van der Waals surface area contributed by atoms with Crippen molar-refractivity contribution in [2.24, 2.45) is 0 Å². The van der Waals surface area contributed by atoms with Crippen molar-refractivity contribution in [1.29, 1.82) is 0 Å². The van der Waals surface area contributed by atoms with Gasteiger partial charge in [0, 0.05) is 12.0 Å². The lowest BCUT2D eigenvalue weighted by Crippen LogP contribution is -2.45. The van der Waals surface area contributed by atoms with Gasteiger partial charge in [0.1, 0.15) is 17.1 Å². The van der Waals surface area contributed by atoms with Crippen molar-refractivity contribution in [2.75, 3.05) is 0 Å². The van der Waals surface area contributed by atoms with E-state index in [0.29, 0.717) is 12.2 Å². The van der Waals surface area contributed by atoms with Crippen LogP contribution in [-0.2, 0) is 4.79 Å². The van der Waals surface area contributed by atoms with Gasteiger partial charge >= 0.3 is 0 Å². The number of hydrogen-bond acceptors (Lipinski definition) is 3. The van der Waals surface area contributed by atoms with Crippen LogP contribution in [0.15, 0.2) is 42.5 Å². The fourth-order valence-electron chi connectivity index (χ4n) is 3.47. The van der Waals surface area contributed by atoms with Crippen molar-refractivity contribution in [1.82, 2.24) is 5.32 Å². The molecule has 0 saturated carbocycles. The minimum absolute atomic E-state index is 0.0896. The minimum atomic E-state index is -0.521. The number of hydrogen-bond donors (Lipinski definition) is 1. The summed E-state index contributed by atoms with van der Waals surface area (Å²) in [7, 11) is 0. The highest BCUT2D eigenvalue weighted by molar-refractivity contribution is 5.81. The third-order valence-corrected chi connectivity index (χ3v) is 4.90. The van der Waals surface area contributed by atoms with Crippen molar-refractivity contribution < 1.29 is 14.3 Å². The predicted molar refractivity (Wildman–Crippen MR) is 107 cm³/mol. The Morgan fingerprint density at radius 1 is 1.19 bits per heavy atom. The van der Waals surface area contributed by atoms with E-state index in [9.17, 15) is 4.79 Å². The van der Waals surface area contributed by atoms with E-state index in [-0.39, 0.29) is 17.6 Å². The molecule has 0 spiro atoms. The lowest BCUT2D eigenvalue weighted by atomic mass is 9.88. The summed E-state index contributed by atoms with van der Waals surface area (Å²) in [5.41, 5.74) is 3.02. The maximum absolute atomic E-state index is 12.9. The quantitative estimate of drug-likeness (QED) is 0.819. The van der Waals surface area contributed by atoms with E-state index in [2.05, 4.69) is 25.2 Å². The Bertz CT molecular complexity index is 811. The number of benzene rings is 2. The smallest absolute Gasteiger partial charge is 0.261 e. The second kappa shape index (κ2) is 7.63. The highest BCUT2D eigenvalue weighted by Gasteiger charge is 2.35. The molecule has 2 aromatic carbocycles. The van der Waals surface area contributed by atoms with Gasteiger partial charge in [0.15, 0.2) is 6.10 Å². The van der Waals surface area contributed by atoms with E-state index in [0.717, 1.165) is 28.9 Å². The van der Waals surface area contributed by atoms with E-state index >= 15 is 0 Å². The summed E-state index contributed by atoms with van der Waals surface area (Å²) < 4.78 is 12.0. The van der Waals surface area contributed by atoms with Crippen molar-refractivity contribution >= 4 is 5.91 Å². The van der Waals surface area contributed by atoms with Crippen LogP contribution in [0.4, 0.5) is 0 Å². The van der Waals surface area contributed by atoms with Crippen molar-refractivity contribution in [3.8, 4) is 11.5 Å². The number of aryl methyl sites for hydroxylation is 2. The molecule has 2 atom stereocenters. The van der Waals surface area contributed by atoms with Gasteiger partial charge in [0.05, 0.1) is 6.04 Å². The van der Waals surface area contributed by atoms with Crippen LogP contribution >= 0.6 is 0 Å². The number of carbonyl (C=O) groups is 1. The van der Waals surface area contributed by atoms with E-state index < -0.39 is 6.10 Å². The zero-order valence-electron chi connectivity index (χ0n) is 16.8. The Morgan fingerprint density at radius 3 is 2.52 bits per heavy atom. The second-order valence-corrected chi connectivity index (χ2v) is 8.00. The number of amides is 1. The van der Waals surface area contributed by atoms with Crippen molar-refractivity contribution in [3.05, 3.63) is 59.2 Å². The van der Waals surface area contributed by atoms with Gasteiger partial charge in [-0.1, -0.05) is 42.3 Å². The summed E-state index contributed by atoms with van der Waals surface area (Å²) in [5, 5.41) is 3.20. The average Bonchev–Trinajstić information content (AvgIpc) is 2.61. The van der Waals surface area contributed by atoms with Crippen LogP contribution in [0.3, 0.4) is 0 Å². The molecule has 2 aromatic rings. The summed E-state index contributed by atoms with van der Waals surface area (Å²) in [6.07, 6.45) is 0.801. The first kappa shape index (κ1) is 19.3. The second-order valence-electron chi connectivity index (χ2n) is 8.00. The first-order valence-electron chi connectivity index (χ1n) is 9.60. The van der Waals surface area contributed by atoms with Gasteiger partial charge in [-0.05, 0) is 52.3 Å². The molecule has 0 fully saturated rings. The number of fused-ring (bicyclic) bond motifs is 1. The molecule has 0 saturated heterocycles. The van der Waals surface area contributed by atoms with Crippen LogP contribution in [-0.4, -0.2) is 17.6 Å². The molecule has 0 unspecified atom stereocenters. The molecule has 0 radical (unpaired) electrons. The molecule has 1 amide bonds. The molecule has 0 aromatic heterocycles. The van der Waals surface area contributed by atoms with E-state index in [4.69, 9.17) is 9.47 Å². The van der Waals surface area contributed by atoms with Gasteiger partial charge in [-0.2, -0.15) is 0 Å². The van der Waals surface area contributed by atoms with Crippen LogP contribution in [0.25, 0.3) is 0 Å². The SMILES string of the molecule is CC[C@H](Oc1ccc(C)cc1)C(=O)N[C@H]1CC(C)(C)Oc2ccc(C)cc21. The molecule has 1 aliphatic heterocycles. The molecule has 0 bridgehead atoms. The standard InChI is InChI=1S/C23H29NO3/c1-6-20(26-17-10-7-15(2)8-11-17)22(25)24-19-14-23(4,5)27-21-12-9-16(3)13-18(19)21/h7-13,19-20H,6,14H2,1-5H3,(H,24,25)/t19-,20-/m0/s1. The summed E-state index contributed by atoms with van der Waals surface area (Å²) in [6, 6.07) is 13.8. The van der Waals surface area contributed by atoms with Crippen LogP contribution in [0.1, 0.15) is 56.3 Å². The third kappa shape index (κ3) is 4.62. The largest absolute Gasteiger partial charge is 0.487 e. The summed E-state index contributed by atoms with van der Waals surface area (Å²) in [6.45, 7) is 10.1. The van der Waals surface area contributed by atoms with Crippen molar-refractivity contribution in [2.45, 2.75) is 65.2 Å². The molecule has 1 N–H and O–H groups in total. The van der Waals surface area contributed by atoms with Crippen LogP contribution in [0.5, 0.6) is 11.5 Å². The van der Waals surface area contributed by atoms with Gasteiger partial charge in [0.25, 0.3) is 5.91 Å². The zero-order valence-corrected chi connectivity index (χ0v) is 16.8. The average molecular weight is 367 g/mol. The summed E-state index contributed by atoms with van der Waals surface area (Å²) in [4.78, 5) is 12.9. The number of carbonyl (C=O) groups excluding carboxylic acids is 1. The summed E-state index contributed by atoms with van der Waals surface area (Å²) >= 11 is 0. The lowest BCUT2D eigenvalue weighted by molar-refractivity contribution is -0.129. The molecular weight excluding hydrogens is 338 g/mol. The van der Waals surface area contributed by atoms with Crippen LogP contribution in [0.2, 0.25) is 0 Å². The Kier molecular flexibility index (Phi) is 5.45. The third-order valence-electron chi connectivity index (χ3n) is 4.90. The maximum atomic E-state index is 12.9. The van der Waals surface area contributed by atoms with Gasteiger partial charge < -0.3 is 14.8 Å². The van der Waals surface area contributed by atoms with E-state index in [1.54, 1.807) is 0 Å². The van der Waals surface area contributed by atoms with Gasteiger partial charge in [-0.15, -0.1) is 0 Å².